The van der Waals surface area contributed by atoms with Gasteiger partial charge < -0.3 is 14.3 Å². The standard InChI is InChI=1S/C12H15BNO3S/c1-11(2)10-12(7-17-10,14-18(11)16)8-3-5-9(13-15)6-4-8/h3-6,10,14-15H,7H2,1-2H3. The minimum atomic E-state index is -1.11. The van der Waals surface area contributed by atoms with Gasteiger partial charge in [0.2, 0.25) is 0 Å². The van der Waals surface area contributed by atoms with Gasteiger partial charge in [-0.3, -0.25) is 0 Å². The van der Waals surface area contributed by atoms with Gasteiger partial charge in [-0.15, -0.1) is 4.72 Å². The van der Waals surface area contributed by atoms with Gasteiger partial charge in [-0.1, -0.05) is 29.7 Å². The molecule has 3 unspecified atom stereocenters. The Labute approximate surface area is 110 Å². The number of fused-ring (bicyclic) bond motifs is 1. The van der Waals surface area contributed by atoms with Gasteiger partial charge in [-0.25, -0.2) is 0 Å². The van der Waals surface area contributed by atoms with Crippen LogP contribution in [0.15, 0.2) is 24.3 Å². The van der Waals surface area contributed by atoms with Crippen molar-refractivity contribution in [3.05, 3.63) is 29.8 Å². The highest BCUT2D eigenvalue weighted by molar-refractivity contribution is 7.91. The van der Waals surface area contributed by atoms with Crippen LogP contribution in [0.25, 0.3) is 0 Å². The lowest BCUT2D eigenvalue weighted by atomic mass is 9.75. The monoisotopic (exact) mass is 264 g/mol. The van der Waals surface area contributed by atoms with E-state index in [1.165, 1.54) is 0 Å². The van der Waals surface area contributed by atoms with E-state index < -0.39 is 11.4 Å². The van der Waals surface area contributed by atoms with Crippen LogP contribution in [0.5, 0.6) is 0 Å². The van der Waals surface area contributed by atoms with Crippen molar-refractivity contribution in [3.8, 4) is 0 Å². The van der Waals surface area contributed by atoms with Gasteiger partial charge in [0, 0.05) is 11.4 Å². The lowest BCUT2D eigenvalue weighted by molar-refractivity contribution is -0.146. The molecule has 3 rings (SSSR count). The molecule has 1 aromatic rings. The highest BCUT2D eigenvalue weighted by atomic mass is 32.2. The summed E-state index contributed by atoms with van der Waals surface area (Å²) in [6.45, 7) is 4.45. The summed E-state index contributed by atoms with van der Waals surface area (Å²) in [6.07, 6.45) is -0.0743. The molecule has 0 aliphatic carbocycles. The van der Waals surface area contributed by atoms with E-state index in [0.717, 1.165) is 18.5 Å². The summed E-state index contributed by atoms with van der Waals surface area (Å²) >= 11 is -1.11. The van der Waals surface area contributed by atoms with Crippen molar-refractivity contribution in [2.45, 2.75) is 30.2 Å². The quantitative estimate of drug-likeness (QED) is 0.561. The normalized spacial score (nSPS) is 36.9. The number of hydrogen-bond donors (Lipinski definition) is 2. The first-order valence-electron chi connectivity index (χ1n) is 5.90. The maximum Gasteiger partial charge on any atom is 0.326 e. The summed E-state index contributed by atoms with van der Waals surface area (Å²) < 4.78 is 20.6. The SMILES string of the molecule is CC1(C)C2OCC2(c2ccc([B]O)cc2)N[S+]1[O-]. The maximum absolute atomic E-state index is 12.1. The average molecular weight is 264 g/mol. The van der Waals surface area contributed by atoms with Gasteiger partial charge in [-0.05, 0) is 19.4 Å². The lowest BCUT2D eigenvalue weighted by Crippen LogP contribution is -2.62. The molecule has 3 atom stereocenters. The van der Waals surface area contributed by atoms with Gasteiger partial charge in [0.25, 0.3) is 0 Å². The van der Waals surface area contributed by atoms with Crippen LogP contribution in [-0.2, 0) is 21.6 Å². The molecule has 0 aromatic heterocycles. The second-order valence-corrected chi connectivity index (χ2v) is 7.18. The Kier molecular flexibility index (Phi) is 2.77. The number of benzene rings is 1. The van der Waals surface area contributed by atoms with Crippen molar-refractivity contribution in [2.75, 3.05) is 6.61 Å². The van der Waals surface area contributed by atoms with E-state index in [1.54, 1.807) is 0 Å². The van der Waals surface area contributed by atoms with Crippen molar-refractivity contribution < 1.29 is 14.3 Å². The van der Waals surface area contributed by atoms with Crippen molar-refractivity contribution in [1.82, 2.24) is 4.72 Å². The molecule has 4 nitrogen and oxygen atoms in total. The minimum Gasteiger partial charge on any atom is -0.598 e. The lowest BCUT2D eigenvalue weighted by Gasteiger charge is -2.44. The summed E-state index contributed by atoms with van der Waals surface area (Å²) in [4.78, 5) is 0. The second-order valence-electron chi connectivity index (χ2n) is 5.39. The van der Waals surface area contributed by atoms with E-state index >= 15 is 0 Å². The molecular formula is C12H15BNO3S. The third kappa shape index (κ3) is 1.50. The van der Waals surface area contributed by atoms with Crippen LogP contribution >= 0.6 is 0 Å². The van der Waals surface area contributed by atoms with E-state index in [0.29, 0.717) is 6.61 Å². The summed E-state index contributed by atoms with van der Waals surface area (Å²) in [5.74, 6) is 0. The molecular weight excluding hydrogens is 249 g/mol. The zero-order chi connectivity index (χ0) is 13.0. The fourth-order valence-corrected chi connectivity index (χ4v) is 4.11. The molecule has 6 heteroatoms. The molecule has 2 aliphatic rings. The zero-order valence-corrected chi connectivity index (χ0v) is 11.2. The Morgan fingerprint density at radius 2 is 2.11 bits per heavy atom. The number of ether oxygens (including phenoxy) is 1. The molecule has 95 valence electrons. The van der Waals surface area contributed by atoms with Crippen LogP contribution < -0.4 is 10.2 Å². The van der Waals surface area contributed by atoms with Crippen LogP contribution in [0.3, 0.4) is 0 Å². The Morgan fingerprint density at radius 1 is 1.44 bits per heavy atom. The molecule has 1 aromatic carbocycles. The molecule has 2 heterocycles. The molecule has 1 radical (unpaired) electrons. The predicted molar refractivity (Wildman–Crippen MR) is 70.8 cm³/mol. The first-order valence-corrected chi connectivity index (χ1v) is 7.05. The topological polar surface area (TPSA) is 64.5 Å². The van der Waals surface area contributed by atoms with Gasteiger partial charge in [-0.2, -0.15) is 0 Å². The molecule has 2 N–H and O–H groups in total. The van der Waals surface area contributed by atoms with Crippen molar-refractivity contribution >= 4 is 24.3 Å². The largest absolute Gasteiger partial charge is 0.598 e. The number of rotatable bonds is 2. The first kappa shape index (κ1) is 12.5. The van der Waals surface area contributed by atoms with E-state index in [2.05, 4.69) is 4.72 Å². The van der Waals surface area contributed by atoms with Gasteiger partial charge in [0.1, 0.15) is 11.6 Å². The fraction of sp³-hybridized carbons (Fsp3) is 0.500. The highest BCUT2D eigenvalue weighted by Crippen LogP contribution is 2.50. The van der Waals surface area contributed by atoms with Gasteiger partial charge in [0.05, 0.1) is 6.61 Å². The number of nitrogens with one attached hydrogen (secondary N) is 1. The Hall–Kier alpha value is -0.525. The Balaban J connectivity index is 1.96. The van der Waals surface area contributed by atoms with E-state index in [4.69, 9.17) is 9.76 Å². The third-order valence-corrected chi connectivity index (χ3v) is 5.60. The van der Waals surface area contributed by atoms with Crippen LogP contribution in [0.1, 0.15) is 19.4 Å². The smallest absolute Gasteiger partial charge is 0.326 e. The molecule has 18 heavy (non-hydrogen) atoms. The molecule has 0 spiro atoms. The minimum absolute atomic E-state index is 0.0743. The van der Waals surface area contributed by atoms with Crippen LogP contribution in [0.2, 0.25) is 0 Å². The third-order valence-electron chi connectivity index (χ3n) is 3.88. The first-order chi connectivity index (χ1) is 8.50. The van der Waals surface area contributed by atoms with E-state index in [1.807, 2.05) is 38.1 Å². The van der Waals surface area contributed by atoms with Crippen LogP contribution in [0, 0.1) is 0 Å². The van der Waals surface area contributed by atoms with Gasteiger partial charge in [0.15, 0.2) is 4.75 Å². The van der Waals surface area contributed by atoms with Crippen molar-refractivity contribution in [1.29, 1.82) is 0 Å². The Bertz CT molecular complexity index is 467. The van der Waals surface area contributed by atoms with Crippen LogP contribution in [0.4, 0.5) is 0 Å². The second kappa shape index (κ2) is 3.98. The highest BCUT2D eigenvalue weighted by Gasteiger charge is 2.69. The van der Waals surface area contributed by atoms with Crippen LogP contribution in [-0.4, -0.2) is 34.5 Å². The molecule has 0 bridgehead atoms. The summed E-state index contributed by atoms with van der Waals surface area (Å²) in [5.41, 5.74) is 1.47. The van der Waals surface area contributed by atoms with E-state index in [9.17, 15) is 4.55 Å². The Morgan fingerprint density at radius 3 is 2.56 bits per heavy atom. The fourth-order valence-electron chi connectivity index (χ4n) is 2.76. The molecule has 2 saturated heterocycles. The molecule has 2 aliphatic heterocycles. The summed E-state index contributed by atoms with van der Waals surface area (Å²) in [5, 5.41) is 8.94. The van der Waals surface area contributed by atoms with Crippen molar-refractivity contribution in [3.63, 3.8) is 0 Å². The van der Waals surface area contributed by atoms with E-state index in [-0.39, 0.29) is 16.4 Å². The average Bonchev–Trinajstić information content (AvgIpc) is 2.46. The predicted octanol–water partition coefficient (Wildman–Crippen LogP) is -0.437. The van der Waals surface area contributed by atoms with Gasteiger partial charge >= 0.3 is 7.48 Å². The molecule has 0 saturated carbocycles. The van der Waals surface area contributed by atoms with Crippen molar-refractivity contribution in [2.24, 2.45) is 0 Å². The number of hydrogen-bond acceptors (Lipinski definition) is 4. The molecule has 0 amide bonds. The maximum atomic E-state index is 12.1. The summed E-state index contributed by atoms with van der Waals surface area (Å²) in [7, 11) is 1.07. The molecule has 2 fully saturated rings. The zero-order valence-electron chi connectivity index (χ0n) is 10.3. The summed E-state index contributed by atoms with van der Waals surface area (Å²) in [6, 6.07) is 7.58.